The van der Waals surface area contributed by atoms with Crippen LogP contribution in [0.5, 0.6) is 5.75 Å². The van der Waals surface area contributed by atoms with E-state index in [0.717, 1.165) is 39.0 Å². The van der Waals surface area contributed by atoms with Gasteiger partial charge < -0.3 is 19.9 Å². The van der Waals surface area contributed by atoms with Gasteiger partial charge in [0.05, 0.1) is 11.5 Å². The smallest absolute Gasteiger partial charge is 0.243 e. The molecule has 0 bridgehead atoms. The molecule has 2 aliphatic rings. The number of rotatable bonds is 10. The van der Waals surface area contributed by atoms with Gasteiger partial charge in [-0.15, -0.1) is 0 Å². The SMILES string of the molecule is CCOc1ccc(S(=O)(=O)N(CCC(=O)N2CCNCC2)CCN2CCCCC2)cc1. The Balaban J connectivity index is 1.68. The zero-order chi connectivity index (χ0) is 22.1. The molecule has 1 aromatic carbocycles. The number of ether oxygens (including phenoxy) is 1. The van der Waals surface area contributed by atoms with Gasteiger partial charge in [0, 0.05) is 52.2 Å². The minimum absolute atomic E-state index is 0.0198. The third-order valence-electron chi connectivity index (χ3n) is 5.93. The van der Waals surface area contributed by atoms with Crippen LogP contribution in [0.4, 0.5) is 0 Å². The first-order valence-corrected chi connectivity index (χ1v) is 12.9. The molecule has 0 spiro atoms. The Morgan fingerprint density at radius 1 is 1.03 bits per heavy atom. The fourth-order valence-electron chi connectivity index (χ4n) is 4.10. The first-order chi connectivity index (χ1) is 15.0. The van der Waals surface area contributed by atoms with E-state index < -0.39 is 10.0 Å². The second-order valence-corrected chi connectivity index (χ2v) is 10.0. The van der Waals surface area contributed by atoms with Crippen molar-refractivity contribution in [2.75, 3.05) is 65.5 Å². The Morgan fingerprint density at radius 3 is 2.35 bits per heavy atom. The van der Waals surface area contributed by atoms with Crippen molar-refractivity contribution in [2.24, 2.45) is 0 Å². The van der Waals surface area contributed by atoms with Gasteiger partial charge in [-0.2, -0.15) is 4.31 Å². The number of benzene rings is 1. The average Bonchev–Trinajstić information content (AvgIpc) is 2.80. The van der Waals surface area contributed by atoms with Crippen molar-refractivity contribution >= 4 is 15.9 Å². The highest BCUT2D eigenvalue weighted by molar-refractivity contribution is 7.89. The summed E-state index contributed by atoms with van der Waals surface area (Å²) in [4.78, 5) is 17.0. The van der Waals surface area contributed by atoms with Gasteiger partial charge in [0.25, 0.3) is 0 Å². The number of nitrogens with one attached hydrogen (secondary N) is 1. The molecule has 3 rings (SSSR count). The molecule has 1 aromatic rings. The van der Waals surface area contributed by atoms with Gasteiger partial charge in [0.15, 0.2) is 0 Å². The first-order valence-electron chi connectivity index (χ1n) is 11.4. The molecule has 0 aliphatic carbocycles. The molecular formula is C22H36N4O4S. The maximum absolute atomic E-state index is 13.4. The summed E-state index contributed by atoms with van der Waals surface area (Å²) < 4.78 is 33.7. The van der Waals surface area contributed by atoms with E-state index in [0.29, 0.717) is 38.5 Å². The summed E-state index contributed by atoms with van der Waals surface area (Å²) in [6.45, 7) is 8.66. The van der Waals surface area contributed by atoms with Crippen LogP contribution in [-0.2, 0) is 14.8 Å². The molecule has 1 amide bonds. The molecule has 31 heavy (non-hydrogen) atoms. The monoisotopic (exact) mass is 452 g/mol. The fourth-order valence-corrected chi connectivity index (χ4v) is 5.54. The molecule has 0 saturated carbocycles. The highest BCUT2D eigenvalue weighted by Gasteiger charge is 2.27. The van der Waals surface area contributed by atoms with E-state index in [-0.39, 0.29) is 23.8 Å². The number of likely N-dealkylation sites (tertiary alicyclic amines) is 1. The topological polar surface area (TPSA) is 82.2 Å². The lowest BCUT2D eigenvalue weighted by Crippen LogP contribution is -2.47. The standard InChI is InChI=1S/C22H36N4O4S/c1-2-30-20-6-8-21(9-7-20)31(28,29)26(19-18-24-13-4-3-5-14-24)15-10-22(27)25-16-11-23-12-17-25/h6-9,23H,2-5,10-19H2,1H3. The molecule has 174 valence electrons. The van der Waals surface area contributed by atoms with Crippen LogP contribution in [0.2, 0.25) is 0 Å². The minimum atomic E-state index is -3.69. The van der Waals surface area contributed by atoms with E-state index in [2.05, 4.69) is 10.2 Å². The van der Waals surface area contributed by atoms with E-state index in [4.69, 9.17) is 4.74 Å². The highest BCUT2D eigenvalue weighted by atomic mass is 32.2. The number of carbonyl (C=O) groups excluding carboxylic acids is 1. The van der Waals surface area contributed by atoms with Crippen molar-refractivity contribution in [3.8, 4) is 5.75 Å². The maximum atomic E-state index is 13.4. The highest BCUT2D eigenvalue weighted by Crippen LogP contribution is 2.21. The van der Waals surface area contributed by atoms with E-state index in [1.54, 1.807) is 24.3 Å². The molecule has 8 nitrogen and oxygen atoms in total. The number of amides is 1. The van der Waals surface area contributed by atoms with Crippen LogP contribution in [0.3, 0.4) is 0 Å². The summed E-state index contributed by atoms with van der Waals surface area (Å²) in [5, 5.41) is 3.23. The van der Waals surface area contributed by atoms with Gasteiger partial charge in [-0.05, 0) is 57.1 Å². The van der Waals surface area contributed by atoms with Crippen LogP contribution in [-0.4, -0.2) is 93.9 Å². The Hall–Kier alpha value is -1.68. The van der Waals surface area contributed by atoms with Crippen LogP contribution in [0, 0.1) is 0 Å². The number of carbonyl (C=O) groups is 1. The third-order valence-corrected chi connectivity index (χ3v) is 7.84. The van der Waals surface area contributed by atoms with Crippen LogP contribution in [0.1, 0.15) is 32.6 Å². The van der Waals surface area contributed by atoms with Crippen molar-refractivity contribution in [1.29, 1.82) is 0 Å². The number of piperazine rings is 1. The molecule has 2 aliphatic heterocycles. The molecule has 2 fully saturated rings. The summed E-state index contributed by atoms with van der Waals surface area (Å²) in [5.41, 5.74) is 0. The summed E-state index contributed by atoms with van der Waals surface area (Å²) in [6.07, 6.45) is 3.76. The van der Waals surface area contributed by atoms with Crippen LogP contribution in [0.15, 0.2) is 29.2 Å². The average molecular weight is 453 g/mol. The third kappa shape index (κ3) is 6.90. The first kappa shape index (κ1) is 24.0. The van der Waals surface area contributed by atoms with Gasteiger partial charge >= 0.3 is 0 Å². The summed E-state index contributed by atoms with van der Waals surface area (Å²) in [6, 6.07) is 6.55. The lowest BCUT2D eigenvalue weighted by molar-refractivity contribution is -0.131. The molecule has 9 heteroatoms. The predicted octanol–water partition coefficient (Wildman–Crippen LogP) is 1.38. The quantitative estimate of drug-likeness (QED) is 0.578. The van der Waals surface area contributed by atoms with E-state index >= 15 is 0 Å². The molecule has 2 heterocycles. The number of nitrogens with zero attached hydrogens (tertiary/aromatic N) is 3. The van der Waals surface area contributed by atoms with Gasteiger partial charge in [-0.3, -0.25) is 4.79 Å². The lowest BCUT2D eigenvalue weighted by atomic mass is 10.1. The van der Waals surface area contributed by atoms with E-state index in [1.165, 1.54) is 10.7 Å². The van der Waals surface area contributed by atoms with E-state index in [9.17, 15) is 13.2 Å². The van der Waals surface area contributed by atoms with Gasteiger partial charge in [-0.1, -0.05) is 6.42 Å². The van der Waals surface area contributed by atoms with Gasteiger partial charge in [0.1, 0.15) is 5.75 Å². The Kier molecular flexibility index (Phi) is 9.13. The van der Waals surface area contributed by atoms with Crippen molar-refractivity contribution in [3.05, 3.63) is 24.3 Å². The van der Waals surface area contributed by atoms with Crippen molar-refractivity contribution < 1.29 is 17.9 Å². The zero-order valence-electron chi connectivity index (χ0n) is 18.6. The van der Waals surface area contributed by atoms with Crippen molar-refractivity contribution in [1.82, 2.24) is 19.4 Å². The number of piperidine rings is 1. The molecule has 1 N–H and O–H groups in total. The molecular weight excluding hydrogens is 416 g/mol. The molecule has 0 aromatic heterocycles. The Bertz CT molecular complexity index is 788. The number of sulfonamides is 1. The van der Waals surface area contributed by atoms with Crippen LogP contribution >= 0.6 is 0 Å². The largest absolute Gasteiger partial charge is 0.494 e. The molecule has 2 saturated heterocycles. The summed E-state index contributed by atoms with van der Waals surface area (Å²) in [7, 11) is -3.69. The Morgan fingerprint density at radius 2 is 1.71 bits per heavy atom. The molecule has 0 atom stereocenters. The molecule has 0 radical (unpaired) electrons. The van der Waals surface area contributed by atoms with Crippen LogP contribution < -0.4 is 10.1 Å². The minimum Gasteiger partial charge on any atom is -0.494 e. The van der Waals surface area contributed by atoms with Crippen molar-refractivity contribution in [2.45, 2.75) is 37.5 Å². The summed E-state index contributed by atoms with van der Waals surface area (Å²) in [5.74, 6) is 0.668. The van der Waals surface area contributed by atoms with Gasteiger partial charge in [0.2, 0.25) is 15.9 Å². The van der Waals surface area contributed by atoms with E-state index in [1.807, 2.05) is 11.8 Å². The van der Waals surface area contributed by atoms with Gasteiger partial charge in [-0.25, -0.2) is 8.42 Å². The summed E-state index contributed by atoms with van der Waals surface area (Å²) >= 11 is 0. The zero-order valence-corrected chi connectivity index (χ0v) is 19.4. The second-order valence-electron chi connectivity index (χ2n) is 8.09. The fraction of sp³-hybridized carbons (Fsp3) is 0.682. The molecule has 0 unspecified atom stereocenters. The number of hydrogen-bond acceptors (Lipinski definition) is 6. The Labute approximate surface area is 186 Å². The lowest BCUT2D eigenvalue weighted by Gasteiger charge is -2.31. The van der Waals surface area contributed by atoms with Crippen molar-refractivity contribution in [3.63, 3.8) is 0 Å². The number of hydrogen-bond donors (Lipinski definition) is 1. The normalized spacial score (nSPS) is 18.3. The van der Waals surface area contributed by atoms with Crippen LogP contribution in [0.25, 0.3) is 0 Å². The predicted molar refractivity (Wildman–Crippen MR) is 121 cm³/mol. The maximum Gasteiger partial charge on any atom is 0.243 e. The second kappa shape index (κ2) is 11.8.